The first-order valence-corrected chi connectivity index (χ1v) is 8.55. The van der Waals surface area contributed by atoms with Gasteiger partial charge in [0.15, 0.2) is 0 Å². The summed E-state index contributed by atoms with van der Waals surface area (Å²) in [6.07, 6.45) is 3.82. The van der Waals surface area contributed by atoms with Gasteiger partial charge in [-0.1, -0.05) is 44.2 Å². The van der Waals surface area contributed by atoms with E-state index in [9.17, 15) is 0 Å². The standard InChI is InChI=1S/C19H29NO/c1-15(2)13-20-14-19(8-10-21-11-9-19)18-12-17(18)16-6-4-3-5-7-16/h3-7,15,17-18,20H,8-14H2,1-2H3. The zero-order chi connectivity index (χ0) is 14.7. The Morgan fingerprint density at radius 1 is 1.19 bits per heavy atom. The monoisotopic (exact) mass is 287 g/mol. The zero-order valence-corrected chi connectivity index (χ0v) is 13.5. The molecule has 1 heterocycles. The Balaban J connectivity index is 1.66. The van der Waals surface area contributed by atoms with Crippen molar-refractivity contribution in [1.29, 1.82) is 0 Å². The second-order valence-corrected chi connectivity index (χ2v) is 7.36. The molecular formula is C19H29NO. The first-order chi connectivity index (χ1) is 10.2. The Hall–Kier alpha value is -0.860. The van der Waals surface area contributed by atoms with Crippen LogP contribution < -0.4 is 5.32 Å². The second-order valence-electron chi connectivity index (χ2n) is 7.36. The molecule has 2 heteroatoms. The molecule has 0 radical (unpaired) electrons. The van der Waals surface area contributed by atoms with Crippen molar-refractivity contribution in [2.24, 2.45) is 17.3 Å². The Morgan fingerprint density at radius 3 is 2.57 bits per heavy atom. The van der Waals surface area contributed by atoms with Gasteiger partial charge in [0.2, 0.25) is 0 Å². The van der Waals surface area contributed by atoms with Crippen LogP contribution in [-0.4, -0.2) is 26.3 Å². The lowest BCUT2D eigenvalue weighted by atomic mass is 9.74. The third-order valence-corrected chi connectivity index (χ3v) is 5.32. The van der Waals surface area contributed by atoms with E-state index in [-0.39, 0.29) is 0 Å². The molecule has 1 aliphatic heterocycles. The Kier molecular flexibility index (Phi) is 4.66. The zero-order valence-electron chi connectivity index (χ0n) is 13.5. The molecule has 2 aliphatic rings. The Morgan fingerprint density at radius 2 is 1.90 bits per heavy atom. The van der Waals surface area contributed by atoms with Crippen LogP contribution in [0.4, 0.5) is 0 Å². The minimum atomic E-state index is 0.466. The summed E-state index contributed by atoms with van der Waals surface area (Å²) < 4.78 is 5.64. The fourth-order valence-corrected chi connectivity index (χ4v) is 4.01. The van der Waals surface area contributed by atoms with E-state index in [4.69, 9.17) is 4.74 Å². The van der Waals surface area contributed by atoms with Crippen molar-refractivity contribution in [3.05, 3.63) is 35.9 Å². The van der Waals surface area contributed by atoms with Gasteiger partial charge in [0.25, 0.3) is 0 Å². The minimum absolute atomic E-state index is 0.466. The van der Waals surface area contributed by atoms with Crippen LogP contribution in [0.1, 0.15) is 44.6 Å². The van der Waals surface area contributed by atoms with Gasteiger partial charge in [-0.25, -0.2) is 0 Å². The average Bonchev–Trinajstić information content (AvgIpc) is 3.30. The van der Waals surface area contributed by atoms with Crippen molar-refractivity contribution < 1.29 is 4.74 Å². The molecule has 0 bridgehead atoms. The molecule has 1 N–H and O–H groups in total. The summed E-state index contributed by atoms with van der Waals surface area (Å²) in [6.45, 7) is 8.76. The van der Waals surface area contributed by atoms with E-state index in [1.807, 2.05) is 0 Å². The average molecular weight is 287 g/mol. The first-order valence-electron chi connectivity index (χ1n) is 8.55. The van der Waals surface area contributed by atoms with Gasteiger partial charge >= 0.3 is 0 Å². The number of ether oxygens (including phenoxy) is 1. The lowest BCUT2D eigenvalue weighted by Gasteiger charge is -2.38. The second kappa shape index (κ2) is 6.50. The third-order valence-electron chi connectivity index (χ3n) is 5.32. The molecule has 0 spiro atoms. The molecule has 2 fully saturated rings. The van der Waals surface area contributed by atoms with Crippen molar-refractivity contribution in [3.63, 3.8) is 0 Å². The van der Waals surface area contributed by atoms with Gasteiger partial charge < -0.3 is 10.1 Å². The van der Waals surface area contributed by atoms with Crippen LogP contribution >= 0.6 is 0 Å². The van der Waals surface area contributed by atoms with Crippen LogP contribution in [-0.2, 0) is 4.74 Å². The highest BCUT2D eigenvalue weighted by atomic mass is 16.5. The molecule has 116 valence electrons. The molecule has 2 nitrogen and oxygen atoms in total. The van der Waals surface area contributed by atoms with Crippen molar-refractivity contribution in [1.82, 2.24) is 5.32 Å². The van der Waals surface area contributed by atoms with Crippen molar-refractivity contribution in [2.75, 3.05) is 26.3 Å². The number of benzene rings is 1. The van der Waals surface area contributed by atoms with Gasteiger partial charge in [0.05, 0.1) is 0 Å². The van der Waals surface area contributed by atoms with E-state index in [0.717, 1.165) is 37.5 Å². The fourth-order valence-electron chi connectivity index (χ4n) is 4.01. The Labute approximate surface area is 129 Å². The summed E-state index contributed by atoms with van der Waals surface area (Å²) in [7, 11) is 0. The fraction of sp³-hybridized carbons (Fsp3) is 0.684. The summed E-state index contributed by atoms with van der Waals surface area (Å²) in [4.78, 5) is 0. The summed E-state index contributed by atoms with van der Waals surface area (Å²) in [5.41, 5.74) is 2.01. The minimum Gasteiger partial charge on any atom is -0.381 e. The van der Waals surface area contributed by atoms with E-state index >= 15 is 0 Å². The maximum atomic E-state index is 5.64. The van der Waals surface area contributed by atoms with Gasteiger partial charge in [-0.15, -0.1) is 0 Å². The molecule has 2 unspecified atom stereocenters. The predicted molar refractivity (Wildman–Crippen MR) is 87.5 cm³/mol. The van der Waals surface area contributed by atoms with E-state index in [0.29, 0.717) is 5.41 Å². The number of rotatable bonds is 6. The lowest BCUT2D eigenvalue weighted by Crippen LogP contribution is -2.42. The van der Waals surface area contributed by atoms with E-state index in [1.54, 1.807) is 0 Å². The number of nitrogens with one attached hydrogen (secondary N) is 1. The first kappa shape index (κ1) is 15.1. The quantitative estimate of drug-likeness (QED) is 0.858. The predicted octanol–water partition coefficient (Wildman–Crippen LogP) is 3.83. The van der Waals surface area contributed by atoms with Gasteiger partial charge in [-0.05, 0) is 54.5 Å². The molecule has 2 atom stereocenters. The summed E-state index contributed by atoms with van der Waals surface area (Å²) >= 11 is 0. The van der Waals surface area contributed by atoms with Crippen molar-refractivity contribution in [3.8, 4) is 0 Å². The van der Waals surface area contributed by atoms with E-state index in [2.05, 4.69) is 49.5 Å². The van der Waals surface area contributed by atoms with E-state index < -0.39 is 0 Å². The molecule has 1 saturated carbocycles. The van der Waals surface area contributed by atoms with Crippen LogP contribution in [0.25, 0.3) is 0 Å². The van der Waals surface area contributed by atoms with Gasteiger partial charge in [-0.3, -0.25) is 0 Å². The van der Waals surface area contributed by atoms with Crippen LogP contribution in [0.15, 0.2) is 30.3 Å². The highest BCUT2D eigenvalue weighted by Gasteiger charge is 2.52. The lowest BCUT2D eigenvalue weighted by molar-refractivity contribution is 0.00168. The molecular weight excluding hydrogens is 258 g/mol. The number of hydrogen-bond acceptors (Lipinski definition) is 2. The largest absolute Gasteiger partial charge is 0.381 e. The molecule has 21 heavy (non-hydrogen) atoms. The van der Waals surface area contributed by atoms with Crippen molar-refractivity contribution >= 4 is 0 Å². The number of hydrogen-bond donors (Lipinski definition) is 1. The third kappa shape index (κ3) is 3.49. The van der Waals surface area contributed by atoms with Gasteiger partial charge in [-0.2, -0.15) is 0 Å². The highest BCUT2D eigenvalue weighted by Crippen LogP contribution is 2.60. The topological polar surface area (TPSA) is 21.3 Å². The van der Waals surface area contributed by atoms with Crippen LogP contribution in [0, 0.1) is 17.3 Å². The molecule has 1 saturated heterocycles. The van der Waals surface area contributed by atoms with Crippen LogP contribution in [0.2, 0.25) is 0 Å². The maximum absolute atomic E-state index is 5.64. The summed E-state index contributed by atoms with van der Waals surface area (Å²) in [5.74, 6) is 2.36. The van der Waals surface area contributed by atoms with Gasteiger partial charge in [0.1, 0.15) is 0 Å². The molecule has 0 aromatic heterocycles. The summed E-state index contributed by atoms with van der Waals surface area (Å²) in [5, 5.41) is 3.73. The van der Waals surface area contributed by atoms with E-state index in [1.165, 1.54) is 31.4 Å². The van der Waals surface area contributed by atoms with Gasteiger partial charge in [0, 0.05) is 19.8 Å². The smallest absolute Gasteiger partial charge is 0.0471 e. The molecule has 1 aliphatic carbocycles. The molecule has 1 aromatic rings. The van der Waals surface area contributed by atoms with Crippen LogP contribution in [0.5, 0.6) is 0 Å². The molecule has 0 amide bonds. The summed E-state index contributed by atoms with van der Waals surface area (Å²) in [6, 6.07) is 11.1. The normalized spacial score (nSPS) is 27.8. The van der Waals surface area contributed by atoms with Crippen molar-refractivity contribution in [2.45, 2.75) is 39.0 Å². The van der Waals surface area contributed by atoms with Crippen LogP contribution in [0.3, 0.4) is 0 Å². The Bertz CT molecular complexity index is 436. The maximum Gasteiger partial charge on any atom is 0.0471 e. The SMILES string of the molecule is CC(C)CNCC1(C2CC2c2ccccc2)CCOCC1. The molecule has 1 aromatic carbocycles. The molecule has 3 rings (SSSR count). The highest BCUT2D eigenvalue weighted by molar-refractivity contribution is 5.27.